The molecule has 2 rings (SSSR count). The second-order valence-corrected chi connectivity index (χ2v) is 5.76. The molecule has 0 bridgehead atoms. The Morgan fingerprint density at radius 2 is 1.73 bits per heavy atom. The predicted molar refractivity (Wildman–Crippen MR) is 58.4 cm³/mol. The minimum Gasteiger partial charge on any atom is -0.291 e. The summed E-state index contributed by atoms with van der Waals surface area (Å²) in [6.07, 6.45) is 4.42. The highest BCUT2D eigenvalue weighted by molar-refractivity contribution is 6.40. The fraction of sp³-hybridized carbons (Fsp3) is 0.846. The van der Waals surface area contributed by atoms with E-state index in [2.05, 4.69) is 6.92 Å². The minimum absolute atomic E-state index is 0.0503. The quantitative estimate of drug-likeness (QED) is 0.573. The first-order valence-corrected chi connectivity index (χ1v) is 6.05. The van der Waals surface area contributed by atoms with Gasteiger partial charge in [-0.05, 0) is 24.7 Å². The molecule has 0 radical (unpaired) electrons. The van der Waals surface area contributed by atoms with Gasteiger partial charge < -0.3 is 0 Å². The molecule has 0 aliphatic heterocycles. The number of hydrogen-bond donors (Lipinski definition) is 0. The number of hydrogen-bond acceptors (Lipinski definition) is 2. The first kappa shape index (κ1) is 10.8. The van der Waals surface area contributed by atoms with Crippen molar-refractivity contribution in [3.8, 4) is 0 Å². The van der Waals surface area contributed by atoms with Crippen LogP contribution in [0.2, 0.25) is 0 Å². The van der Waals surface area contributed by atoms with Crippen LogP contribution in [0, 0.1) is 23.2 Å². The maximum absolute atomic E-state index is 12.0. The highest BCUT2D eigenvalue weighted by atomic mass is 16.2. The third-order valence-electron chi connectivity index (χ3n) is 4.75. The highest BCUT2D eigenvalue weighted by Gasteiger charge is 2.52. The summed E-state index contributed by atoms with van der Waals surface area (Å²) < 4.78 is 0. The molecular weight excluding hydrogens is 188 g/mol. The summed E-state index contributed by atoms with van der Waals surface area (Å²) in [7, 11) is 0. The average molecular weight is 208 g/mol. The van der Waals surface area contributed by atoms with Crippen LogP contribution in [0.15, 0.2) is 0 Å². The van der Waals surface area contributed by atoms with E-state index in [1.807, 2.05) is 13.8 Å². The molecule has 0 N–H and O–H groups in total. The monoisotopic (exact) mass is 208 g/mol. The number of carbonyl (C=O) groups excluding carboxylic acids is 2. The Hall–Kier alpha value is -0.660. The van der Waals surface area contributed by atoms with Crippen LogP contribution < -0.4 is 0 Å². The zero-order valence-electron chi connectivity index (χ0n) is 9.88. The zero-order chi connectivity index (χ0) is 11.2. The first-order chi connectivity index (χ1) is 6.96. The zero-order valence-corrected chi connectivity index (χ0v) is 9.88. The van der Waals surface area contributed by atoms with Crippen molar-refractivity contribution in [2.24, 2.45) is 23.2 Å². The van der Waals surface area contributed by atoms with Gasteiger partial charge in [0, 0.05) is 11.3 Å². The molecule has 2 aliphatic carbocycles. The number of Topliss-reactive ketones (excluding diaryl/α,β-unsaturated/α-hetero) is 2. The van der Waals surface area contributed by atoms with Crippen LogP contribution in [0.1, 0.15) is 46.5 Å². The Labute approximate surface area is 91.4 Å². The Kier molecular flexibility index (Phi) is 2.48. The molecule has 0 amide bonds. The van der Waals surface area contributed by atoms with E-state index in [1.165, 1.54) is 6.42 Å². The SMILES string of the molecule is CC1C2CCCCC2C(=O)C(=O)C1(C)C. The second-order valence-electron chi connectivity index (χ2n) is 5.76. The van der Waals surface area contributed by atoms with Crippen LogP contribution in [-0.4, -0.2) is 11.6 Å². The Morgan fingerprint density at radius 1 is 1.13 bits per heavy atom. The molecule has 15 heavy (non-hydrogen) atoms. The van der Waals surface area contributed by atoms with E-state index in [9.17, 15) is 9.59 Å². The smallest absolute Gasteiger partial charge is 0.204 e. The van der Waals surface area contributed by atoms with Crippen molar-refractivity contribution in [3.05, 3.63) is 0 Å². The molecule has 2 nitrogen and oxygen atoms in total. The molecule has 2 saturated carbocycles. The maximum Gasteiger partial charge on any atom is 0.204 e. The second kappa shape index (κ2) is 3.43. The van der Waals surface area contributed by atoms with Crippen LogP contribution in [0.4, 0.5) is 0 Å². The fourth-order valence-corrected chi connectivity index (χ4v) is 3.31. The van der Waals surface area contributed by atoms with Gasteiger partial charge in [-0.3, -0.25) is 9.59 Å². The van der Waals surface area contributed by atoms with Crippen molar-refractivity contribution in [1.29, 1.82) is 0 Å². The van der Waals surface area contributed by atoms with Crippen LogP contribution in [0.5, 0.6) is 0 Å². The topological polar surface area (TPSA) is 34.1 Å². The van der Waals surface area contributed by atoms with E-state index in [1.54, 1.807) is 0 Å². The van der Waals surface area contributed by atoms with Gasteiger partial charge in [-0.1, -0.05) is 33.6 Å². The normalized spacial score (nSPS) is 40.1. The first-order valence-electron chi connectivity index (χ1n) is 6.05. The van der Waals surface area contributed by atoms with Gasteiger partial charge >= 0.3 is 0 Å². The summed E-state index contributed by atoms with van der Waals surface area (Å²) >= 11 is 0. The lowest BCUT2D eigenvalue weighted by Gasteiger charge is -2.46. The predicted octanol–water partition coefficient (Wildman–Crippen LogP) is 2.61. The van der Waals surface area contributed by atoms with Crippen molar-refractivity contribution in [3.63, 3.8) is 0 Å². The standard InChI is InChI=1S/C13H20O2/c1-8-9-6-4-5-7-10(9)11(14)12(15)13(8,2)3/h8-10H,4-7H2,1-3H3. The van der Waals surface area contributed by atoms with Crippen LogP contribution in [0.25, 0.3) is 0 Å². The summed E-state index contributed by atoms with van der Waals surface area (Å²) in [6, 6.07) is 0. The van der Waals surface area contributed by atoms with E-state index >= 15 is 0 Å². The molecule has 0 saturated heterocycles. The van der Waals surface area contributed by atoms with Gasteiger partial charge in [0.2, 0.25) is 11.6 Å². The van der Waals surface area contributed by atoms with Gasteiger partial charge in [0.05, 0.1) is 0 Å². The summed E-state index contributed by atoms with van der Waals surface area (Å²) in [5.74, 6) is 0.655. The molecule has 3 atom stereocenters. The van der Waals surface area contributed by atoms with Gasteiger partial charge in [0.25, 0.3) is 0 Å². The van der Waals surface area contributed by atoms with Crippen LogP contribution in [0.3, 0.4) is 0 Å². The van der Waals surface area contributed by atoms with Gasteiger partial charge in [-0.15, -0.1) is 0 Å². The highest BCUT2D eigenvalue weighted by Crippen LogP contribution is 2.48. The van der Waals surface area contributed by atoms with E-state index < -0.39 is 5.41 Å². The van der Waals surface area contributed by atoms with Crippen molar-refractivity contribution in [1.82, 2.24) is 0 Å². The van der Waals surface area contributed by atoms with Crippen molar-refractivity contribution in [2.75, 3.05) is 0 Å². The van der Waals surface area contributed by atoms with Crippen molar-refractivity contribution >= 4 is 11.6 Å². The summed E-state index contributed by atoms with van der Waals surface area (Å²) in [5, 5.41) is 0. The van der Waals surface area contributed by atoms with Crippen LogP contribution >= 0.6 is 0 Å². The Bertz CT molecular complexity index is 304. The summed E-state index contributed by atoms with van der Waals surface area (Å²) in [4.78, 5) is 23.9. The molecule has 84 valence electrons. The number of rotatable bonds is 0. The lowest BCUT2D eigenvalue weighted by molar-refractivity contribution is -0.154. The molecule has 2 heteroatoms. The van der Waals surface area contributed by atoms with Gasteiger partial charge in [-0.25, -0.2) is 0 Å². The molecule has 2 aliphatic rings. The van der Waals surface area contributed by atoms with E-state index in [4.69, 9.17) is 0 Å². The molecule has 0 aromatic carbocycles. The molecule has 3 unspecified atom stereocenters. The Morgan fingerprint density at radius 3 is 2.40 bits per heavy atom. The molecular formula is C13H20O2. The third-order valence-corrected chi connectivity index (χ3v) is 4.75. The van der Waals surface area contributed by atoms with Gasteiger partial charge in [-0.2, -0.15) is 0 Å². The lowest BCUT2D eigenvalue weighted by Crippen LogP contribution is -2.52. The fourth-order valence-electron chi connectivity index (χ4n) is 3.31. The van der Waals surface area contributed by atoms with E-state index in [0.717, 1.165) is 19.3 Å². The summed E-state index contributed by atoms with van der Waals surface area (Å²) in [6.45, 7) is 6.01. The van der Waals surface area contributed by atoms with Gasteiger partial charge in [0.1, 0.15) is 0 Å². The van der Waals surface area contributed by atoms with Crippen molar-refractivity contribution in [2.45, 2.75) is 46.5 Å². The lowest BCUT2D eigenvalue weighted by atomic mass is 9.56. The van der Waals surface area contributed by atoms with E-state index in [0.29, 0.717) is 11.8 Å². The largest absolute Gasteiger partial charge is 0.291 e. The van der Waals surface area contributed by atoms with Crippen molar-refractivity contribution < 1.29 is 9.59 Å². The number of fused-ring (bicyclic) bond motifs is 1. The van der Waals surface area contributed by atoms with Gasteiger partial charge in [0.15, 0.2) is 0 Å². The molecule has 0 spiro atoms. The van der Waals surface area contributed by atoms with E-state index in [-0.39, 0.29) is 17.5 Å². The third kappa shape index (κ3) is 1.45. The molecule has 0 aromatic rings. The molecule has 0 heterocycles. The number of carbonyl (C=O) groups is 2. The number of ketones is 2. The minimum atomic E-state index is -0.435. The van der Waals surface area contributed by atoms with Crippen LogP contribution in [-0.2, 0) is 9.59 Å². The molecule has 2 fully saturated rings. The molecule has 0 aromatic heterocycles. The average Bonchev–Trinajstić information content (AvgIpc) is 2.24. The summed E-state index contributed by atoms with van der Waals surface area (Å²) in [5.41, 5.74) is -0.435. The maximum atomic E-state index is 12.0. The Balaban J connectivity index is 2.34.